The van der Waals surface area contributed by atoms with Crippen LogP contribution < -0.4 is 5.56 Å². The molecule has 2 heterocycles. The van der Waals surface area contributed by atoms with Crippen molar-refractivity contribution in [1.82, 2.24) is 9.78 Å². The van der Waals surface area contributed by atoms with Crippen LogP contribution in [-0.4, -0.2) is 15.5 Å². The number of rotatable bonds is 1. The maximum atomic E-state index is 11.5. The molecule has 0 atom stereocenters. The minimum Gasteiger partial charge on any atom is -0.285 e. The smallest absolute Gasteiger partial charge is 0.267 e. The second-order valence-corrected chi connectivity index (χ2v) is 4.88. The average molecular weight is 196 g/mol. The summed E-state index contributed by atoms with van der Waals surface area (Å²) in [7, 11) is 0. The van der Waals surface area contributed by atoms with Crippen molar-refractivity contribution in [2.24, 2.45) is 0 Å². The molecule has 0 unspecified atom stereocenters. The Hall–Kier alpha value is -0.640. The second-order valence-electron chi connectivity index (χ2n) is 3.77. The summed E-state index contributed by atoms with van der Waals surface area (Å²) in [6.45, 7) is 0. The Kier molecular flexibility index (Phi) is 1.59. The van der Waals surface area contributed by atoms with E-state index in [4.69, 9.17) is 0 Å². The highest BCUT2D eigenvalue weighted by molar-refractivity contribution is 7.98. The van der Waals surface area contributed by atoms with Crippen LogP contribution in [0.2, 0.25) is 0 Å². The molecule has 3 nitrogen and oxygen atoms in total. The summed E-state index contributed by atoms with van der Waals surface area (Å²) in [6, 6.07) is 0.607. The van der Waals surface area contributed by atoms with Crippen molar-refractivity contribution in [3.63, 3.8) is 0 Å². The minimum absolute atomic E-state index is 0.155. The third-order valence-electron chi connectivity index (χ3n) is 2.78. The Bertz CT molecular complexity index is 389. The Morgan fingerprint density at radius 3 is 3.08 bits per heavy atom. The third-order valence-corrected chi connectivity index (χ3v) is 3.75. The van der Waals surface area contributed by atoms with E-state index in [1.165, 1.54) is 18.5 Å². The fraction of sp³-hybridized carbons (Fsp3) is 0.667. The molecule has 2 aliphatic rings. The van der Waals surface area contributed by atoms with Gasteiger partial charge in [-0.1, -0.05) is 0 Å². The quantitative estimate of drug-likeness (QED) is 0.735. The number of thioether (sulfide) groups is 1. The molecule has 1 aromatic heterocycles. The van der Waals surface area contributed by atoms with Crippen LogP contribution in [0.1, 0.15) is 30.1 Å². The predicted octanol–water partition coefficient (Wildman–Crippen LogP) is 1.30. The van der Waals surface area contributed by atoms with Crippen molar-refractivity contribution in [2.75, 3.05) is 5.75 Å². The van der Waals surface area contributed by atoms with Gasteiger partial charge in [-0.25, -0.2) is 0 Å². The molecular formula is C9H12N2OS. The first-order valence-electron chi connectivity index (χ1n) is 4.76. The van der Waals surface area contributed by atoms with Gasteiger partial charge in [0.25, 0.3) is 5.56 Å². The van der Waals surface area contributed by atoms with E-state index >= 15 is 0 Å². The summed E-state index contributed by atoms with van der Waals surface area (Å²) in [5, 5.41) is 2.96. The van der Waals surface area contributed by atoms with Crippen LogP contribution in [0.4, 0.5) is 0 Å². The number of hydrogen-bond donors (Lipinski definition) is 1. The molecule has 0 bridgehead atoms. The van der Waals surface area contributed by atoms with Crippen LogP contribution in [-0.2, 0) is 12.2 Å². The van der Waals surface area contributed by atoms with Crippen LogP contribution in [0.3, 0.4) is 0 Å². The normalized spacial score (nSPS) is 21.5. The highest BCUT2D eigenvalue weighted by Gasteiger charge is 2.29. The van der Waals surface area contributed by atoms with E-state index in [0.717, 1.165) is 23.5 Å². The van der Waals surface area contributed by atoms with E-state index < -0.39 is 0 Å². The molecule has 0 radical (unpaired) electrons. The molecule has 0 amide bonds. The fourth-order valence-electron chi connectivity index (χ4n) is 1.92. The standard InChI is InChI=1S/C9H12N2OS/c12-9-7-3-4-13-5-8(7)11(10-9)6-1-2-6/h6H,1-5H2,(H,10,12). The van der Waals surface area contributed by atoms with E-state index in [0.29, 0.717) is 6.04 Å². The van der Waals surface area contributed by atoms with Crippen LogP contribution in [0, 0.1) is 0 Å². The van der Waals surface area contributed by atoms with Gasteiger partial charge in [-0.05, 0) is 25.0 Å². The Balaban J connectivity index is 2.14. The van der Waals surface area contributed by atoms with Crippen LogP contribution in [0.15, 0.2) is 4.79 Å². The lowest BCUT2D eigenvalue weighted by Crippen LogP contribution is -2.10. The van der Waals surface area contributed by atoms with E-state index in [9.17, 15) is 4.79 Å². The van der Waals surface area contributed by atoms with Gasteiger partial charge in [-0.15, -0.1) is 0 Å². The number of H-pyrrole nitrogens is 1. The van der Waals surface area contributed by atoms with Gasteiger partial charge in [-0.3, -0.25) is 14.6 Å². The first kappa shape index (κ1) is 7.74. The maximum Gasteiger partial charge on any atom is 0.267 e. The van der Waals surface area contributed by atoms with Crippen molar-refractivity contribution in [2.45, 2.75) is 31.1 Å². The van der Waals surface area contributed by atoms with E-state index in [1.807, 2.05) is 11.8 Å². The Labute approximate surface area is 80.5 Å². The molecule has 1 aliphatic heterocycles. The molecule has 1 aliphatic carbocycles. The van der Waals surface area contributed by atoms with Crippen LogP contribution >= 0.6 is 11.8 Å². The van der Waals surface area contributed by atoms with Crippen LogP contribution in [0.5, 0.6) is 0 Å². The zero-order valence-corrected chi connectivity index (χ0v) is 8.19. The largest absolute Gasteiger partial charge is 0.285 e. The average Bonchev–Trinajstić information content (AvgIpc) is 2.94. The molecular weight excluding hydrogens is 184 g/mol. The number of fused-ring (bicyclic) bond motifs is 1. The lowest BCUT2D eigenvalue weighted by molar-refractivity contribution is 0.612. The maximum absolute atomic E-state index is 11.5. The van der Waals surface area contributed by atoms with Crippen molar-refractivity contribution >= 4 is 11.8 Å². The highest BCUT2D eigenvalue weighted by Crippen LogP contribution is 2.37. The molecule has 1 fully saturated rings. The van der Waals surface area contributed by atoms with Gasteiger partial charge in [0, 0.05) is 11.3 Å². The SMILES string of the molecule is O=c1[nH]n(C2CC2)c2c1CCSC2. The molecule has 1 saturated carbocycles. The van der Waals surface area contributed by atoms with Crippen LogP contribution in [0.25, 0.3) is 0 Å². The summed E-state index contributed by atoms with van der Waals surface area (Å²) in [6.07, 6.45) is 3.43. The topological polar surface area (TPSA) is 37.8 Å². The molecule has 0 aromatic carbocycles. The molecule has 70 valence electrons. The zero-order valence-electron chi connectivity index (χ0n) is 7.38. The van der Waals surface area contributed by atoms with Gasteiger partial charge < -0.3 is 0 Å². The third kappa shape index (κ3) is 1.15. The van der Waals surface area contributed by atoms with Crippen molar-refractivity contribution < 1.29 is 0 Å². The number of hydrogen-bond acceptors (Lipinski definition) is 2. The first-order chi connectivity index (χ1) is 6.36. The summed E-state index contributed by atoms with van der Waals surface area (Å²) in [4.78, 5) is 11.5. The Morgan fingerprint density at radius 1 is 1.46 bits per heavy atom. The van der Waals surface area contributed by atoms with E-state index in [-0.39, 0.29) is 5.56 Å². The number of nitrogens with one attached hydrogen (secondary N) is 1. The summed E-state index contributed by atoms with van der Waals surface area (Å²) in [5.74, 6) is 2.12. The monoisotopic (exact) mass is 196 g/mol. The van der Waals surface area contributed by atoms with Gasteiger partial charge in [0.05, 0.1) is 11.7 Å². The van der Waals surface area contributed by atoms with Gasteiger partial charge in [-0.2, -0.15) is 11.8 Å². The molecule has 1 N–H and O–H groups in total. The fourth-order valence-corrected chi connectivity index (χ4v) is 2.92. The summed E-state index contributed by atoms with van der Waals surface area (Å²) >= 11 is 1.93. The van der Waals surface area contributed by atoms with Gasteiger partial charge in [0.2, 0.25) is 0 Å². The number of nitrogens with zero attached hydrogens (tertiary/aromatic N) is 1. The lowest BCUT2D eigenvalue weighted by Gasteiger charge is -2.12. The first-order valence-corrected chi connectivity index (χ1v) is 5.92. The van der Waals surface area contributed by atoms with Crippen molar-refractivity contribution in [3.8, 4) is 0 Å². The van der Waals surface area contributed by atoms with Crippen molar-refractivity contribution in [3.05, 3.63) is 21.6 Å². The van der Waals surface area contributed by atoms with Gasteiger partial charge in [0.1, 0.15) is 0 Å². The Morgan fingerprint density at radius 2 is 2.31 bits per heavy atom. The van der Waals surface area contributed by atoms with E-state index in [1.54, 1.807) is 0 Å². The molecule has 0 saturated heterocycles. The van der Waals surface area contributed by atoms with E-state index in [2.05, 4.69) is 9.78 Å². The summed E-state index contributed by atoms with van der Waals surface area (Å²) < 4.78 is 2.11. The number of aromatic amines is 1. The predicted molar refractivity (Wildman–Crippen MR) is 53.2 cm³/mol. The second kappa shape index (κ2) is 2.67. The zero-order chi connectivity index (χ0) is 8.84. The van der Waals surface area contributed by atoms with Gasteiger partial charge >= 0.3 is 0 Å². The lowest BCUT2D eigenvalue weighted by atomic mass is 10.2. The van der Waals surface area contributed by atoms with Gasteiger partial charge in [0.15, 0.2) is 0 Å². The molecule has 1 aromatic rings. The molecule has 3 rings (SSSR count). The summed E-state index contributed by atoms with van der Waals surface area (Å²) in [5.41, 5.74) is 2.47. The molecule has 4 heteroatoms. The molecule has 0 spiro atoms. The molecule has 13 heavy (non-hydrogen) atoms. The minimum atomic E-state index is 0.155. The highest BCUT2D eigenvalue weighted by atomic mass is 32.2. The van der Waals surface area contributed by atoms with Crippen molar-refractivity contribution in [1.29, 1.82) is 0 Å². The number of aromatic nitrogens is 2.